The van der Waals surface area contributed by atoms with Gasteiger partial charge in [0.2, 0.25) is 0 Å². The minimum atomic E-state index is -0.0970. The third-order valence-electron chi connectivity index (χ3n) is 4.08. The van der Waals surface area contributed by atoms with Crippen molar-refractivity contribution in [2.75, 3.05) is 0 Å². The molecule has 4 aromatic rings. The van der Waals surface area contributed by atoms with Crippen molar-refractivity contribution in [2.24, 2.45) is 0 Å². The second-order valence-corrected chi connectivity index (χ2v) is 5.36. The summed E-state index contributed by atoms with van der Waals surface area (Å²) in [5.74, 6) is -0.166. The van der Waals surface area contributed by atoms with Crippen LogP contribution < -0.4 is 0 Å². The van der Waals surface area contributed by atoms with Crippen LogP contribution >= 0.6 is 0 Å². The molecular weight excluding hydrogens is 272 g/mol. The molecule has 0 radical (unpaired) electrons. The van der Waals surface area contributed by atoms with Gasteiger partial charge in [-0.25, -0.2) is 0 Å². The van der Waals surface area contributed by atoms with E-state index < -0.39 is 0 Å². The Morgan fingerprint density at radius 3 is 2.09 bits per heavy atom. The van der Waals surface area contributed by atoms with Crippen molar-refractivity contribution in [3.05, 3.63) is 72.8 Å². The summed E-state index contributed by atoms with van der Waals surface area (Å²) in [5, 5.41) is 24.0. The largest absolute Gasteiger partial charge is 0.504 e. The molecule has 106 valence electrons. The highest BCUT2D eigenvalue weighted by Gasteiger charge is 2.12. The molecule has 0 spiro atoms. The second-order valence-electron chi connectivity index (χ2n) is 5.36. The van der Waals surface area contributed by atoms with Crippen LogP contribution in [-0.2, 0) is 0 Å². The topological polar surface area (TPSA) is 40.5 Å². The maximum atomic E-state index is 10.3. The van der Waals surface area contributed by atoms with Gasteiger partial charge < -0.3 is 10.2 Å². The van der Waals surface area contributed by atoms with E-state index in [1.807, 2.05) is 48.5 Å². The molecule has 0 saturated carbocycles. The maximum Gasteiger partial charge on any atom is 0.166 e. The third kappa shape index (κ3) is 1.81. The number of benzene rings is 4. The van der Waals surface area contributed by atoms with E-state index >= 15 is 0 Å². The van der Waals surface area contributed by atoms with Crippen LogP contribution in [-0.4, -0.2) is 10.2 Å². The van der Waals surface area contributed by atoms with Crippen molar-refractivity contribution in [3.63, 3.8) is 0 Å². The van der Waals surface area contributed by atoms with Gasteiger partial charge in [-0.15, -0.1) is 0 Å². The number of rotatable bonds is 1. The highest BCUT2D eigenvalue weighted by Crippen LogP contribution is 2.41. The van der Waals surface area contributed by atoms with E-state index in [2.05, 4.69) is 18.2 Å². The van der Waals surface area contributed by atoms with E-state index in [0.717, 1.165) is 27.3 Å². The predicted molar refractivity (Wildman–Crippen MR) is 90.2 cm³/mol. The summed E-state index contributed by atoms with van der Waals surface area (Å²) in [6.07, 6.45) is 0. The molecular formula is C20H14O2. The fourth-order valence-electron chi connectivity index (χ4n) is 3.03. The van der Waals surface area contributed by atoms with Gasteiger partial charge in [0.15, 0.2) is 11.5 Å². The first kappa shape index (κ1) is 12.7. The minimum Gasteiger partial charge on any atom is -0.504 e. The van der Waals surface area contributed by atoms with E-state index in [1.54, 1.807) is 0 Å². The van der Waals surface area contributed by atoms with Crippen molar-refractivity contribution in [1.29, 1.82) is 0 Å². The lowest BCUT2D eigenvalue weighted by molar-refractivity contribution is 0.408. The number of hydrogen-bond donors (Lipinski definition) is 2. The molecule has 0 heterocycles. The van der Waals surface area contributed by atoms with E-state index in [1.165, 1.54) is 6.07 Å². The van der Waals surface area contributed by atoms with Gasteiger partial charge in [0.05, 0.1) is 0 Å². The first-order valence-electron chi connectivity index (χ1n) is 7.17. The molecule has 0 unspecified atom stereocenters. The average molecular weight is 286 g/mol. The van der Waals surface area contributed by atoms with Crippen LogP contribution in [0, 0.1) is 0 Å². The fourth-order valence-corrected chi connectivity index (χ4v) is 3.03. The van der Waals surface area contributed by atoms with Crippen LogP contribution in [0.2, 0.25) is 0 Å². The highest BCUT2D eigenvalue weighted by molar-refractivity contribution is 6.08. The standard InChI is InChI=1S/C20H14O2/c21-18-12-11-14-7-4-10-17(19(14)20(18)22)16-9-3-6-13-5-1-2-8-15(13)16/h1-12,21-22H. The minimum absolute atomic E-state index is 0.0685. The monoisotopic (exact) mass is 286 g/mol. The summed E-state index contributed by atoms with van der Waals surface area (Å²) in [4.78, 5) is 0. The molecule has 0 aliphatic rings. The zero-order valence-corrected chi connectivity index (χ0v) is 11.8. The number of hydrogen-bond acceptors (Lipinski definition) is 2. The fraction of sp³-hybridized carbons (Fsp3) is 0. The van der Waals surface area contributed by atoms with E-state index in [-0.39, 0.29) is 11.5 Å². The Balaban J connectivity index is 2.16. The summed E-state index contributed by atoms with van der Waals surface area (Å²) in [6, 6.07) is 23.5. The average Bonchev–Trinajstić information content (AvgIpc) is 2.57. The lowest BCUT2D eigenvalue weighted by Gasteiger charge is -2.12. The van der Waals surface area contributed by atoms with Gasteiger partial charge in [-0.05, 0) is 33.4 Å². The van der Waals surface area contributed by atoms with Crippen LogP contribution in [0.25, 0.3) is 32.7 Å². The Morgan fingerprint density at radius 2 is 1.23 bits per heavy atom. The molecule has 0 aliphatic heterocycles. The zero-order valence-electron chi connectivity index (χ0n) is 11.8. The maximum absolute atomic E-state index is 10.3. The van der Waals surface area contributed by atoms with Crippen molar-refractivity contribution in [1.82, 2.24) is 0 Å². The highest BCUT2D eigenvalue weighted by atomic mass is 16.3. The number of phenols is 2. The van der Waals surface area contributed by atoms with Crippen molar-refractivity contribution >= 4 is 21.5 Å². The molecule has 4 aromatic carbocycles. The normalized spacial score (nSPS) is 11.1. The molecule has 4 rings (SSSR count). The van der Waals surface area contributed by atoms with Crippen LogP contribution in [0.3, 0.4) is 0 Å². The Kier molecular flexibility index (Phi) is 2.76. The summed E-state index contributed by atoms with van der Waals surface area (Å²) in [5.41, 5.74) is 1.97. The first-order chi connectivity index (χ1) is 10.8. The molecule has 0 aromatic heterocycles. The van der Waals surface area contributed by atoms with E-state index in [4.69, 9.17) is 0 Å². The SMILES string of the molecule is Oc1ccc2cccc(-c3cccc4ccccc34)c2c1O. The van der Waals surface area contributed by atoms with Crippen LogP contribution in [0.5, 0.6) is 11.5 Å². The van der Waals surface area contributed by atoms with Crippen LogP contribution in [0.15, 0.2) is 72.8 Å². The number of aromatic hydroxyl groups is 2. The lowest BCUT2D eigenvalue weighted by Crippen LogP contribution is -1.85. The third-order valence-corrected chi connectivity index (χ3v) is 4.08. The Morgan fingerprint density at radius 1 is 0.545 bits per heavy atom. The van der Waals surface area contributed by atoms with Gasteiger partial charge in [-0.1, -0.05) is 66.7 Å². The summed E-state index contributed by atoms with van der Waals surface area (Å²) < 4.78 is 0. The van der Waals surface area contributed by atoms with Gasteiger partial charge in [0.25, 0.3) is 0 Å². The van der Waals surface area contributed by atoms with Gasteiger partial charge in [-0.2, -0.15) is 0 Å². The number of fused-ring (bicyclic) bond motifs is 2. The van der Waals surface area contributed by atoms with Gasteiger partial charge >= 0.3 is 0 Å². The van der Waals surface area contributed by atoms with Crippen LogP contribution in [0.4, 0.5) is 0 Å². The molecule has 0 atom stereocenters. The molecule has 2 nitrogen and oxygen atoms in total. The lowest BCUT2D eigenvalue weighted by atomic mass is 9.93. The van der Waals surface area contributed by atoms with Crippen LogP contribution in [0.1, 0.15) is 0 Å². The Bertz CT molecular complexity index is 998. The van der Waals surface area contributed by atoms with Crippen molar-refractivity contribution < 1.29 is 10.2 Å². The van der Waals surface area contributed by atoms with Gasteiger partial charge in [0, 0.05) is 5.39 Å². The summed E-state index contributed by atoms with van der Waals surface area (Å²) in [7, 11) is 0. The van der Waals surface area contributed by atoms with Gasteiger partial charge in [-0.3, -0.25) is 0 Å². The molecule has 0 amide bonds. The quantitative estimate of drug-likeness (QED) is 0.479. The molecule has 0 fully saturated rings. The molecule has 0 saturated heterocycles. The Labute approximate surface area is 127 Å². The molecule has 2 heteroatoms. The number of phenolic OH excluding ortho intramolecular Hbond substituents is 2. The summed E-state index contributed by atoms with van der Waals surface area (Å²) in [6.45, 7) is 0. The molecule has 2 N–H and O–H groups in total. The van der Waals surface area contributed by atoms with E-state index in [9.17, 15) is 10.2 Å². The van der Waals surface area contributed by atoms with Crippen molar-refractivity contribution in [2.45, 2.75) is 0 Å². The molecule has 0 aliphatic carbocycles. The predicted octanol–water partition coefficient (Wildman–Crippen LogP) is 5.07. The smallest absolute Gasteiger partial charge is 0.166 e. The molecule has 0 bridgehead atoms. The first-order valence-corrected chi connectivity index (χ1v) is 7.17. The summed E-state index contributed by atoms with van der Waals surface area (Å²) >= 11 is 0. The van der Waals surface area contributed by atoms with Gasteiger partial charge in [0.1, 0.15) is 0 Å². The van der Waals surface area contributed by atoms with E-state index in [0.29, 0.717) is 5.39 Å². The second kappa shape index (κ2) is 4.78. The van der Waals surface area contributed by atoms with Crippen molar-refractivity contribution in [3.8, 4) is 22.6 Å². The Hall–Kier alpha value is -3.00. The zero-order chi connectivity index (χ0) is 15.1. The molecule has 22 heavy (non-hydrogen) atoms.